The first-order chi connectivity index (χ1) is 9.97. The van der Waals surface area contributed by atoms with Gasteiger partial charge in [0, 0.05) is 6.54 Å². The molecule has 0 radical (unpaired) electrons. The summed E-state index contributed by atoms with van der Waals surface area (Å²) in [6, 6.07) is 4.74. The quantitative estimate of drug-likeness (QED) is 0.776. The Labute approximate surface area is 124 Å². The summed E-state index contributed by atoms with van der Waals surface area (Å²) in [5.74, 6) is 0.0668. The molecule has 0 aromatic heterocycles. The minimum atomic E-state index is -0.587. The Kier molecular flexibility index (Phi) is 6.52. The van der Waals surface area contributed by atoms with Crippen LogP contribution in [0.1, 0.15) is 31.1 Å². The van der Waals surface area contributed by atoms with E-state index in [9.17, 15) is 9.59 Å². The van der Waals surface area contributed by atoms with Crippen LogP contribution in [-0.4, -0.2) is 38.2 Å². The zero-order valence-electron chi connectivity index (χ0n) is 12.8. The maximum absolute atomic E-state index is 11.9. The summed E-state index contributed by atoms with van der Waals surface area (Å²) >= 11 is 0. The Bertz CT molecular complexity index is 499. The second kappa shape index (κ2) is 8.14. The van der Waals surface area contributed by atoms with Gasteiger partial charge in [-0.2, -0.15) is 0 Å². The average molecular weight is 295 g/mol. The predicted molar refractivity (Wildman–Crippen MR) is 77.7 cm³/mol. The molecule has 0 saturated carbocycles. The maximum atomic E-state index is 11.9. The number of nitrogens with one attached hydrogen (secondary N) is 1. The largest absolute Gasteiger partial charge is 0.493 e. The Hall–Kier alpha value is -2.24. The van der Waals surface area contributed by atoms with Crippen LogP contribution in [0.5, 0.6) is 11.5 Å². The van der Waals surface area contributed by atoms with Gasteiger partial charge in [-0.25, -0.2) is 4.79 Å². The number of benzene rings is 1. The second-order valence-electron chi connectivity index (χ2n) is 4.56. The summed E-state index contributed by atoms with van der Waals surface area (Å²) in [5, 5.41) is 2.54. The van der Waals surface area contributed by atoms with Gasteiger partial charge in [0.15, 0.2) is 18.1 Å². The van der Waals surface area contributed by atoms with Crippen molar-refractivity contribution in [2.75, 3.05) is 20.3 Å². The number of methoxy groups -OCH3 is 1. The normalized spacial score (nSPS) is 10.1. The molecular weight excluding hydrogens is 274 g/mol. The topological polar surface area (TPSA) is 73.9 Å². The monoisotopic (exact) mass is 295 g/mol. The Morgan fingerprint density at radius 2 is 1.95 bits per heavy atom. The van der Waals surface area contributed by atoms with Crippen LogP contribution in [0.25, 0.3) is 0 Å². The van der Waals surface area contributed by atoms with Gasteiger partial charge in [-0.3, -0.25) is 4.79 Å². The molecular formula is C15H21NO5. The van der Waals surface area contributed by atoms with Crippen molar-refractivity contribution in [2.24, 2.45) is 0 Å². The minimum absolute atomic E-state index is 0.00515. The number of rotatable bonds is 7. The van der Waals surface area contributed by atoms with Crippen molar-refractivity contribution in [1.29, 1.82) is 0 Å². The number of hydrogen-bond donors (Lipinski definition) is 1. The van der Waals surface area contributed by atoms with Gasteiger partial charge in [0.25, 0.3) is 5.91 Å². The number of carbonyl (C=O) groups excluding carboxylic acids is 2. The summed E-state index contributed by atoms with van der Waals surface area (Å²) in [5.41, 5.74) is 0.298. The summed E-state index contributed by atoms with van der Waals surface area (Å²) in [4.78, 5) is 23.1. The lowest BCUT2D eigenvalue weighted by Gasteiger charge is -2.14. The highest BCUT2D eigenvalue weighted by atomic mass is 16.5. The number of amides is 1. The van der Waals surface area contributed by atoms with E-state index in [0.717, 1.165) is 0 Å². The van der Waals surface area contributed by atoms with Gasteiger partial charge in [-0.05, 0) is 39.0 Å². The highest BCUT2D eigenvalue weighted by Gasteiger charge is 2.14. The number of esters is 1. The third-order valence-electron chi connectivity index (χ3n) is 2.47. The second-order valence-corrected chi connectivity index (χ2v) is 4.56. The number of ether oxygens (including phenoxy) is 3. The van der Waals surface area contributed by atoms with E-state index in [0.29, 0.717) is 23.6 Å². The first kappa shape index (κ1) is 16.8. The first-order valence-corrected chi connectivity index (χ1v) is 6.76. The zero-order valence-corrected chi connectivity index (χ0v) is 12.8. The van der Waals surface area contributed by atoms with Crippen molar-refractivity contribution in [1.82, 2.24) is 5.32 Å². The Morgan fingerprint density at radius 1 is 1.24 bits per heavy atom. The van der Waals surface area contributed by atoms with E-state index in [1.54, 1.807) is 19.1 Å². The highest BCUT2D eigenvalue weighted by Crippen LogP contribution is 2.29. The van der Waals surface area contributed by atoms with Crippen LogP contribution < -0.4 is 14.8 Å². The van der Waals surface area contributed by atoms with Gasteiger partial charge in [0.2, 0.25) is 0 Å². The molecule has 1 N–H and O–H groups in total. The van der Waals surface area contributed by atoms with Crippen LogP contribution in [-0.2, 0) is 9.53 Å². The van der Waals surface area contributed by atoms with E-state index in [4.69, 9.17) is 14.2 Å². The lowest BCUT2D eigenvalue weighted by molar-refractivity contribution is -0.124. The van der Waals surface area contributed by atoms with Gasteiger partial charge in [0.05, 0.1) is 18.8 Å². The third kappa shape index (κ3) is 5.33. The summed E-state index contributed by atoms with van der Waals surface area (Å²) in [7, 11) is 1.49. The molecule has 0 aliphatic rings. The molecule has 6 heteroatoms. The molecule has 0 spiro atoms. The van der Waals surface area contributed by atoms with Crippen LogP contribution in [0, 0.1) is 0 Å². The molecule has 21 heavy (non-hydrogen) atoms. The van der Waals surface area contributed by atoms with Crippen molar-refractivity contribution >= 4 is 11.9 Å². The van der Waals surface area contributed by atoms with Crippen LogP contribution in [0.4, 0.5) is 0 Å². The molecule has 0 saturated heterocycles. The highest BCUT2D eigenvalue weighted by molar-refractivity contribution is 5.92. The van der Waals surface area contributed by atoms with Crippen molar-refractivity contribution < 1.29 is 23.8 Å². The molecule has 0 unspecified atom stereocenters. The van der Waals surface area contributed by atoms with E-state index in [1.165, 1.54) is 13.2 Å². The van der Waals surface area contributed by atoms with E-state index < -0.39 is 5.97 Å². The fourth-order valence-electron chi connectivity index (χ4n) is 1.61. The number of hydrogen-bond acceptors (Lipinski definition) is 5. The molecule has 0 aliphatic heterocycles. The Balaban J connectivity index is 2.74. The molecule has 1 rings (SSSR count). The molecule has 0 heterocycles. The maximum Gasteiger partial charge on any atom is 0.338 e. The molecule has 1 aromatic rings. The lowest BCUT2D eigenvalue weighted by Crippen LogP contribution is -2.28. The molecule has 0 aliphatic carbocycles. The lowest BCUT2D eigenvalue weighted by atomic mass is 10.2. The van der Waals surface area contributed by atoms with E-state index in [2.05, 4.69) is 5.32 Å². The molecule has 1 amide bonds. The van der Waals surface area contributed by atoms with Gasteiger partial charge in [-0.15, -0.1) is 0 Å². The SMILES string of the molecule is CCNC(=O)COC(=O)c1ccc(OC(C)C)c(OC)c1. The third-order valence-corrected chi connectivity index (χ3v) is 2.47. The van der Waals surface area contributed by atoms with E-state index >= 15 is 0 Å². The van der Waals surface area contributed by atoms with Crippen molar-refractivity contribution in [2.45, 2.75) is 26.9 Å². The van der Waals surface area contributed by atoms with Gasteiger partial charge in [-0.1, -0.05) is 0 Å². The number of carbonyl (C=O) groups is 2. The summed E-state index contributed by atoms with van der Waals surface area (Å²) < 4.78 is 15.7. The van der Waals surface area contributed by atoms with E-state index in [-0.39, 0.29) is 18.6 Å². The molecule has 6 nitrogen and oxygen atoms in total. The van der Waals surface area contributed by atoms with Crippen molar-refractivity contribution in [3.63, 3.8) is 0 Å². The summed E-state index contributed by atoms with van der Waals surface area (Å²) in [6.07, 6.45) is -0.00515. The van der Waals surface area contributed by atoms with E-state index in [1.807, 2.05) is 13.8 Å². The molecule has 116 valence electrons. The van der Waals surface area contributed by atoms with Gasteiger partial charge >= 0.3 is 5.97 Å². The van der Waals surface area contributed by atoms with Crippen LogP contribution in [0.3, 0.4) is 0 Å². The van der Waals surface area contributed by atoms with Crippen molar-refractivity contribution in [3.8, 4) is 11.5 Å². The minimum Gasteiger partial charge on any atom is -0.493 e. The molecule has 1 aromatic carbocycles. The van der Waals surface area contributed by atoms with Crippen LogP contribution in [0.15, 0.2) is 18.2 Å². The van der Waals surface area contributed by atoms with Gasteiger partial charge < -0.3 is 19.5 Å². The summed E-state index contributed by atoms with van der Waals surface area (Å²) in [6.45, 7) is 5.77. The predicted octanol–water partition coefficient (Wildman–Crippen LogP) is 1.78. The Morgan fingerprint density at radius 3 is 2.52 bits per heavy atom. The molecule has 0 atom stereocenters. The number of likely N-dealkylation sites (N-methyl/N-ethyl adjacent to an activating group) is 1. The van der Waals surface area contributed by atoms with Gasteiger partial charge in [0.1, 0.15) is 0 Å². The fraction of sp³-hybridized carbons (Fsp3) is 0.467. The van der Waals surface area contributed by atoms with Crippen LogP contribution >= 0.6 is 0 Å². The molecule has 0 fully saturated rings. The van der Waals surface area contributed by atoms with Crippen molar-refractivity contribution in [3.05, 3.63) is 23.8 Å². The standard InChI is InChI=1S/C15H21NO5/c1-5-16-14(17)9-20-15(18)11-6-7-12(21-10(2)3)13(8-11)19-4/h6-8,10H,5,9H2,1-4H3,(H,16,17). The van der Waals surface area contributed by atoms with Crippen LogP contribution in [0.2, 0.25) is 0 Å². The molecule has 0 bridgehead atoms. The smallest absolute Gasteiger partial charge is 0.338 e. The fourth-order valence-corrected chi connectivity index (χ4v) is 1.61. The zero-order chi connectivity index (χ0) is 15.8. The average Bonchev–Trinajstić information content (AvgIpc) is 2.45. The first-order valence-electron chi connectivity index (χ1n) is 6.76.